The maximum atomic E-state index is 12.5. The van der Waals surface area contributed by atoms with Crippen molar-refractivity contribution >= 4 is 16.9 Å². The van der Waals surface area contributed by atoms with Crippen LogP contribution in [-0.2, 0) is 9.47 Å². The van der Waals surface area contributed by atoms with Gasteiger partial charge in [0.15, 0.2) is 5.78 Å². The van der Waals surface area contributed by atoms with E-state index in [-0.39, 0.29) is 29.3 Å². The van der Waals surface area contributed by atoms with Gasteiger partial charge in [-0.3, -0.25) is 4.79 Å². The molecule has 0 saturated carbocycles. The van der Waals surface area contributed by atoms with Crippen LogP contribution in [0.3, 0.4) is 0 Å². The van der Waals surface area contributed by atoms with Gasteiger partial charge in [0.05, 0.1) is 11.7 Å². The second kappa shape index (κ2) is 5.68. The third-order valence-corrected chi connectivity index (χ3v) is 6.18. The predicted molar refractivity (Wildman–Crippen MR) is 99.9 cm³/mol. The zero-order valence-corrected chi connectivity index (χ0v) is 15.2. The molecule has 0 fully saturated rings. The summed E-state index contributed by atoms with van der Waals surface area (Å²) in [5.74, 6) is 0.0766. The van der Waals surface area contributed by atoms with Crippen LogP contribution in [0, 0.1) is 0 Å². The molecular weight excluding hydrogens is 344 g/mol. The molecule has 0 aliphatic heterocycles. The molecule has 3 atom stereocenters. The van der Waals surface area contributed by atoms with Gasteiger partial charge in [-0.15, -0.1) is 0 Å². The normalized spacial score (nSPS) is 25.3. The topological polar surface area (TPSA) is 76.0 Å². The fourth-order valence-corrected chi connectivity index (χ4v) is 5.18. The summed E-state index contributed by atoms with van der Waals surface area (Å²) in [4.78, 5) is 12.5. The van der Waals surface area contributed by atoms with E-state index in [9.17, 15) is 15.0 Å². The molecule has 3 aliphatic rings. The zero-order chi connectivity index (χ0) is 18.9. The number of hydrogen-bond donors (Lipinski definition) is 2. The van der Waals surface area contributed by atoms with Crippen molar-refractivity contribution in [1.29, 1.82) is 0 Å². The molecule has 0 heterocycles. The summed E-state index contributed by atoms with van der Waals surface area (Å²) in [6.07, 6.45) is 0.223. The molecule has 0 unspecified atom stereocenters. The van der Waals surface area contributed by atoms with Crippen LogP contribution in [0.5, 0.6) is 11.5 Å². The molecule has 138 valence electrons. The molecule has 2 aromatic carbocycles. The Morgan fingerprint density at radius 3 is 2.52 bits per heavy atom. The van der Waals surface area contributed by atoms with Gasteiger partial charge in [0, 0.05) is 32.1 Å². The molecule has 3 aliphatic carbocycles. The van der Waals surface area contributed by atoms with E-state index < -0.39 is 6.10 Å². The number of rotatable bonds is 2. The Bertz CT molecular complexity index is 1020. The van der Waals surface area contributed by atoms with Gasteiger partial charge in [-0.25, -0.2) is 0 Å². The maximum absolute atomic E-state index is 12.5. The highest BCUT2D eigenvalue weighted by atomic mass is 16.5. The van der Waals surface area contributed by atoms with Crippen LogP contribution in [0.4, 0.5) is 0 Å². The Balaban J connectivity index is 1.89. The van der Waals surface area contributed by atoms with Crippen molar-refractivity contribution in [2.75, 3.05) is 14.2 Å². The minimum absolute atomic E-state index is 0.0271. The smallest absolute Gasteiger partial charge is 0.167 e. The van der Waals surface area contributed by atoms with Gasteiger partial charge in [0.2, 0.25) is 0 Å². The molecule has 2 N–H and O–H groups in total. The molecule has 0 spiro atoms. The van der Waals surface area contributed by atoms with Gasteiger partial charge in [-0.05, 0) is 46.4 Å². The van der Waals surface area contributed by atoms with Crippen molar-refractivity contribution < 1.29 is 24.5 Å². The number of fused-ring (bicyclic) bond motifs is 4. The van der Waals surface area contributed by atoms with Crippen LogP contribution < -0.4 is 0 Å². The zero-order valence-electron chi connectivity index (χ0n) is 15.2. The Labute approximate surface area is 156 Å². The van der Waals surface area contributed by atoms with Crippen LogP contribution >= 0.6 is 0 Å². The minimum atomic E-state index is -0.430. The molecule has 27 heavy (non-hydrogen) atoms. The quantitative estimate of drug-likeness (QED) is 0.848. The maximum Gasteiger partial charge on any atom is 0.167 e. The number of hydrogen-bond acceptors (Lipinski definition) is 5. The highest BCUT2D eigenvalue weighted by Gasteiger charge is 2.49. The Hall–Kier alpha value is -2.63. The SMILES string of the molecule is CO[C@@H]1[C@@H]2C(=C3CCC(=O)c4c(O)ccc2c43)c2cccc(O)c2[C@@H]1OC. The number of carbonyl (C=O) groups excluding carboxylic acids is 1. The van der Waals surface area contributed by atoms with E-state index in [0.29, 0.717) is 18.4 Å². The molecule has 5 heteroatoms. The monoisotopic (exact) mass is 364 g/mol. The first-order valence-corrected chi connectivity index (χ1v) is 9.08. The number of Topliss-reactive ketones (excluding diaryl/α,β-unsaturated/α-hetero) is 1. The average molecular weight is 364 g/mol. The van der Waals surface area contributed by atoms with Crippen molar-refractivity contribution in [2.45, 2.75) is 31.0 Å². The van der Waals surface area contributed by atoms with Crippen molar-refractivity contribution in [1.82, 2.24) is 0 Å². The van der Waals surface area contributed by atoms with Gasteiger partial charge >= 0.3 is 0 Å². The summed E-state index contributed by atoms with van der Waals surface area (Å²) < 4.78 is 11.6. The van der Waals surface area contributed by atoms with Gasteiger partial charge in [-0.2, -0.15) is 0 Å². The summed E-state index contributed by atoms with van der Waals surface area (Å²) in [6, 6.07) is 8.96. The van der Waals surface area contributed by atoms with Gasteiger partial charge < -0.3 is 19.7 Å². The summed E-state index contributed by atoms with van der Waals surface area (Å²) in [7, 11) is 3.26. The molecule has 2 aromatic rings. The van der Waals surface area contributed by atoms with Gasteiger partial charge in [0.1, 0.15) is 17.6 Å². The largest absolute Gasteiger partial charge is 0.508 e. The lowest BCUT2D eigenvalue weighted by molar-refractivity contribution is -0.0468. The summed E-state index contributed by atoms with van der Waals surface area (Å²) in [5, 5.41) is 20.9. The van der Waals surface area contributed by atoms with Crippen LogP contribution in [0.15, 0.2) is 30.3 Å². The van der Waals surface area contributed by atoms with E-state index in [2.05, 4.69) is 0 Å². The van der Waals surface area contributed by atoms with Gasteiger partial charge in [0.25, 0.3) is 0 Å². The predicted octanol–water partition coefficient (Wildman–Crippen LogP) is 3.80. The van der Waals surface area contributed by atoms with Crippen LogP contribution in [0.1, 0.15) is 57.5 Å². The molecule has 5 rings (SSSR count). The standard InChI is InChI=1S/C22H20O5/c1-26-21-18-10(4-3-5-13(18)23)16-11-6-8-14(24)20-15(25)9-7-12(17(11)20)19(16)22(21)27-2/h3-5,7,9,19,21-23,25H,6,8H2,1-2H3/t19-,21-,22+/m0/s1. The van der Waals surface area contributed by atoms with E-state index in [0.717, 1.165) is 33.4 Å². The number of phenolic OH excluding ortho intramolecular Hbond substituents is 2. The summed E-state index contributed by atoms with van der Waals surface area (Å²) in [6.45, 7) is 0. The summed E-state index contributed by atoms with van der Waals surface area (Å²) >= 11 is 0. The van der Waals surface area contributed by atoms with E-state index in [1.165, 1.54) is 0 Å². The Morgan fingerprint density at radius 2 is 1.78 bits per heavy atom. The third-order valence-electron chi connectivity index (χ3n) is 6.18. The Morgan fingerprint density at radius 1 is 0.963 bits per heavy atom. The number of benzene rings is 2. The summed E-state index contributed by atoms with van der Waals surface area (Å²) in [5.41, 5.74) is 6.07. The molecule has 0 radical (unpaired) electrons. The first-order chi connectivity index (χ1) is 13.1. The fourth-order valence-electron chi connectivity index (χ4n) is 5.18. The number of aromatic hydroxyl groups is 2. The van der Waals surface area contributed by atoms with Crippen LogP contribution in [-0.4, -0.2) is 36.3 Å². The molecule has 0 bridgehead atoms. The van der Waals surface area contributed by atoms with E-state index in [1.807, 2.05) is 18.2 Å². The highest BCUT2D eigenvalue weighted by Crippen LogP contribution is 2.60. The lowest BCUT2D eigenvalue weighted by Gasteiger charge is -2.38. The number of methoxy groups -OCH3 is 2. The Kier molecular flexibility index (Phi) is 3.48. The lowest BCUT2D eigenvalue weighted by Crippen LogP contribution is -2.34. The minimum Gasteiger partial charge on any atom is -0.508 e. The first kappa shape index (κ1) is 16.5. The number of carbonyl (C=O) groups is 1. The number of phenols is 2. The highest BCUT2D eigenvalue weighted by molar-refractivity contribution is 6.14. The van der Waals surface area contributed by atoms with E-state index >= 15 is 0 Å². The third kappa shape index (κ3) is 1.98. The second-order valence-electron chi connectivity index (χ2n) is 7.31. The van der Waals surface area contributed by atoms with Crippen molar-refractivity contribution in [3.05, 3.63) is 58.1 Å². The average Bonchev–Trinajstić information content (AvgIpc) is 3.00. The fraction of sp³-hybridized carbons (Fsp3) is 0.318. The van der Waals surface area contributed by atoms with Gasteiger partial charge in [-0.1, -0.05) is 18.2 Å². The van der Waals surface area contributed by atoms with E-state index in [4.69, 9.17) is 9.47 Å². The van der Waals surface area contributed by atoms with Crippen LogP contribution in [0.25, 0.3) is 11.1 Å². The lowest BCUT2D eigenvalue weighted by atomic mass is 9.74. The molecule has 0 aromatic heterocycles. The van der Waals surface area contributed by atoms with Crippen molar-refractivity contribution in [2.24, 2.45) is 0 Å². The van der Waals surface area contributed by atoms with Crippen molar-refractivity contribution in [3.8, 4) is 11.5 Å². The second-order valence-corrected chi connectivity index (χ2v) is 7.31. The van der Waals surface area contributed by atoms with Crippen LogP contribution in [0.2, 0.25) is 0 Å². The molecule has 0 saturated heterocycles. The molecule has 0 amide bonds. The number of ether oxygens (including phenoxy) is 2. The van der Waals surface area contributed by atoms with Crippen molar-refractivity contribution in [3.63, 3.8) is 0 Å². The first-order valence-electron chi connectivity index (χ1n) is 9.08. The molecular formula is C22H20O5. The van der Waals surface area contributed by atoms with E-state index in [1.54, 1.807) is 26.4 Å². The number of ketones is 1. The number of allylic oxidation sites excluding steroid dienone is 1. The molecule has 5 nitrogen and oxygen atoms in total.